The van der Waals surface area contributed by atoms with Crippen LogP contribution >= 0.6 is 0 Å². The number of alkyl halides is 2. The van der Waals surface area contributed by atoms with Crippen molar-refractivity contribution in [3.63, 3.8) is 0 Å². The molecule has 7 heteroatoms. The summed E-state index contributed by atoms with van der Waals surface area (Å²) in [4.78, 5) is 24.2. The summed E-state index contributed by atoms with van der Waals surface area (Å²) < 4.78 is 43.4. The van der Waals surface area contributed by atoms with E-state index in [2.05, 4.69) is 4.74 Å². The van der Waals surface area contributed by atoms with Crippen LogP contribution in [0.4, 0.5) is 8.78 Å². The number of carbonyl (C=O) groups is 2. The van der Waals surface area contributed by atoms with Crippen molar-refractivity contribution in [1.82, 2.24) is 0 Å². The molecule has 0 radical (unpaired) electrons. The number of ether oxygens (including phenoxy) is 3. The van der Waals surface area contributed by atoms with Crippen molar-refractivity contribution in [3.05, 3.63) is 0 Å². The molecule has 0 N–H and O–H groups in total. The van der Waals surface area contributed by atoms with Crippen molar-refractivity contribution in [2.75, 3.05) is 13.2 Å². The third-order valence-corrected chi connectivity index (χ3v) is 5.74. The minimum absolute atomic E-state index is 0.136. The maximum Gasteiger partial charge on any atom is 0.456 e. The first-order chi connectivity index (χ1) is 12.7. The second-order valence-corrected chi connectivity index (χ2v) is 7.90. The minimum atomic E-state index is -3.99. The summed E-state index contributed by atoms with van der Waals surface area (Å²) in [7, 11) is 0. The first-order valence-electron chi connectivity index (χ1n) is 10.2. The molecule has 27 heavy (non-hydrogen) atoms. The standard InChI is InChI=1S/C18H26F2O5.C2H6/c1-3-5-24-14(21)16-7-12-6-13(8-16)10-17(9-12,11-16)25-18(19,20)15(22)23-4-2;1-2/h12-13H,3-11H2,1-2H3;1-2H3. The van der Waals surface area contributed by atoms with Gasteiger partial charge in [-0.25, -0.2) is 4.79 Å². The Morgan fingerprint density at radius 3 is 2.15 bits per heavy atom. The Kier molecular flexibility index (Phi) is 6.87. The second kappa shape index (κ2) is 8.41. The molecule has 0 aromatic rings. The summed E-state index contributed by atoms with van der Waals surface area (Å²) in [5.41, 5.74) is -1.89. The van der Waals surface area contributed by atoms with Gasteiger partial charge in [-0.3, -0.25) is 4.79 Å². The Balaban J connectivity index is 0.00000126. The molecule has 4 aliphatic carbocycles. The van der Waals surface area contributed by atoms with Crippen molar-refractivity contribution >= 4 is 11.9 Å². The lowest BCUT2D eigenvalue weighted by atomic mass is 9.48. The zero-order valence-corrected chi connectivity index (χ0v) is 16.8. The highest BCUT2D eigenvalue weighted by Crippen LogP contribution is 2.64. The molecular weight excluding hydrogens is 358 g/mol. The van der Waals surface area contributed by atoms with Gasteiger partial charge in [-0.2, -0.15) is 8.78 Å². The lowest BCUT2D eigenvalue weighted by molar-refractivity contribution is -0.323. The lowest BCUT2D eigenvalue weighted by Gasteiger charge is -2.60. The van der Waals surface area contributed by atoms with E-state index in [1.54, 1.807) is 0 Å². The molecule has 4 fully saturated rings. The van der Waals surface area contributed by atoms with Gasteiger partial charge in [0.2, 0.25) is 0 Å². The van der Waals surface area contributed by atoms with Crippen LogP contribution in [0.15, 0.2) is 0 Å². The minimum Gasteiger partial charge on any atom is -0.465 e. The fourth-order valence-electron chi connectivity index (χ4n) is 5.41. The van der Waals surface area contributed by atoms with Crippen LogP contribution in [-0.4, -0.2) is 36.9 Å². The van der Waals surface area contributed by atoms with Gasteiger partial charge in [-0.15, -0.1) is 0 Å². The van der Waals surface area contributed by atoms with Crippen molar-refractivity contribution in [2.24, 2.45) is 17.3 Å². The molecule has 5 nitrogen and oxygen atoms in total. The number of hydrogen-bond donors (Lipinski definition) is 0. The summed E-state index contributed by atoms with van der Waals surface area (Å²) in [6.07, 6.45) is 0.115. The molecule has 0 spiro atoms. The lowest BCUT2D eigenvalue weighted by Crippen LogP contribution is -2.61. The average Bonchev–Trinajstić information content (AvgIpc) is 2.59. The summed E-state index contributed by atoms with van der Waals surface area (Å²) in [6.45, 7) is 7.58. The largest absolute Gasteiger partial charge is 0.465 e. The van der Waals surface area contributed by atoms with Gasteiger partial charge in [0.05, 0.1) is 24.2 Å². The van der Waals surface area contributed by atoms with Gasteiger partial charge < -0.3 is 14.2 Å². The van der Waals surface area contributed by atoms with Gasteiger partial charge in [-0.1, -0.05) is 20.8 Å². The Morgan fingerprint density at radius 1 is 1.04 bits per heavy atom. The number of carbonyl (C=O) groups excluding carboxylic acids is 2. The van der Waals surface area contributed by atoms with Crippen molar-refractivity contribution in [3.8, 4) is 0 Å². The van der Waals surface area contributed by atoms with Gasteiger partial charge in [0, 0.05) is 0 Å². The van der Waals surface area contributed by atoms with E-state index in [1.807, 2.05) is 20.8 Å². The molecule has 0 amide bonds. The molecule has 0 heterocycles. The van der Waals surface area contributed by atoms with E-state index in [1.165, 1.54) is 6.92 Å². The van der Waals surface area contributed by atoms with Crippen LogP contribution in [0.5, 0.6) is 0 Å². The monoisotopic (exact) mass is 390 g/mol. The summed E-state index contributed by atoms with van der Waals surface area (Å²) in [5, 5.41) is 0. The molecule has 4 saturated carbocycles. The first-order valence-corrected chi connectivity index (χ1v) is 10.2. The highest BCUT2D eigenvalue weighted by molar-refractivity contribution is 5.78. The predicted octanol–water partition coefficient (Wildman–Crippen LogP) is 4.48. The van der Waals surface area contributed by atoms with E-state index in [0.29, 0.717) is 32.3 Å². The van der Waals surface area contributed by atoms with E-state index in [4.69, 9.17) is 9.47 Å². The smallest absolute Gasteiger partial charge is 0.456 e. The molecule has 0 aromatic heterocycles. The van der Waals surface area contributed by atoms with Crippen LogP contribution < -0.4 is 0 Å². The van der Waals surface area contributed by atoms with Gasteiger partial charge in [0.15, 0.2) is 0 Å². The summed E-state index contributed by atoms with van der Waals surface area (Å²) >= 11 is 0. The van der Waals surface area contributed by atoms with Gasteiger partial charge in [-0.05, 0) is 63.7 Å². The summed E-state index contributed by atoms with van der Waals surface area (Å²) in [5.74, 6) is -1.63. The molecule has 2 atom stereocenters. The zero-order chi connectivity index (χ0) is 20.3. The molecule has 2 unspecified atom stereocenters. The molecule has 156 valence electrons. The van der Waals surface area contributed by atoms with Crippen molar-refractivity contribution < 1.29 is 32.6 Å². The van der Waals surface area contributed by atoms with Crippen molar-refractivity contribution in [1.29, 1.82) is 0 Å². The SMILES string of the molecule is CC.CCCOC(=O)C12CC3CC(CC(OC(F)(F)C(=O)OCC)(C3)C1)C2. The Labute approximate surface area is 160 Å². The molecular formula is C20H32F2O5. The highest BCUT2D eigenvalue weighted by atomic mass is 19.3. The van der Waals surface area contributed by atoms with Crippen LogP contribution in [-0.2, 0) is 23.8 Å². The van der Waals surface area contributed by atoms with Crippen LogP contribution in [0.1, 0.15) is 72.6 Å². The van der Waals surface area contributed by atoms with Crippen LogP contribution in [0.3, 0.4) is 0 Å². The maximum atomic E-state index is 14.2. The molecule has 4 rings (SSSR count). The third-order valence-electron chi connectivity index (χ3n) is 5.74. The van der Waals surface area contributed by atoms with E-state index >= 15 is 0 Å². The quantitative estimate of drug-likeness (QED) is 0.600. The second-order valence-electron chi connectivity index (χ2n) is 7.90. The topological polar surface area (TPSA) is 61.8 Å². The maximum absolute atomic E-state index is 14.2. The number of esters is 2. The molecule has 0 aliphatic heterocycles. The molecule has 4 bridgehead atoms. The van der Waals surface area contributed by atoms with E-state index in [9.17, 15) is 18.4 Å². The molecule has 0 aromatic carbocycles. The highest BCUT2D eigenvalue weighted by Gasteiger charge is 2.65. The van der Waals surface area contributed by atoms with Crippen LogP contribution in [0.2, 0.25) is 0 Å². The predicted molar refractivity (Wildman–Crippen MR) is 95.1 cm³/mol. The summed E-state index contributed by atoms with van der Waals surface area (Å²) in [6, 6.07) is 0. The van der Waals surface area contributed by atoms with E-state index < -0.39 is 23.1 Å². The number of hydrogen-bond acceptors (Lipinski definition) is 5. The zero-order valence-electron chi connectivity index (χ0n) is 16.8. The fraction of sp³-hybridized carbons (Fsp3) is 0.900. The van der Waals surface area contributed by atoms with Gasteiger partial charge in [0.25, 0.3) is 0 Å². The Bertz CT molecular complexity index is 534. The molecule has 0 saturated heterocycles. The van der Waals surface area contributed by atoms with Gasteiger partial charge >= 0.3 is 18.0 Å². The normalized spacial score (nSPS) is 33.9. The number of halogens is 2. The third kappa shape index (κ3) is 4.44. The Hall–Kier alpha value is -1.24. The van der Waals surface area contributed by atoms with E-state index in [-0.39, 0.29) is 30.8 Å². The average molecular weight is 390 g/mol. The molecule has 4 aliphatic rings. The van der Waals surface area contributed by atoms with Crippen LogP contribution in [0, 0.1) is 17.3 Å². The van der Waals surface area contributed by atoms with E-state index in [0.717, 1.165) is 12.8 Å². The number of rotatable bonds is 7. The first kappa shape index (κ1) is 22.1. The van der Waals surface area contributed by atoms with Gasteiger partial charge in [0.1, 0.15) is 0 Å². The van der Waals surface area contributed by atoms with Crippen LogP contribution in [0.25, 0.3) is 0 Å². The fourth-order valence-corrected chi connectivity index (χ4v) is 5.41. The van der Waals surface area contributed by atoms with Crippen molar-refractivity contribution in [2.45, 2.75) is 84.4 Å². The Morgan fingerprint density at radius 2 is 1.63 bits per heavy atom.